The van der Waals surface area contributed by atoms with Crippen molar-refractivity contribution in [2.75, 3.05) is 0 Å². The summed E-state index contributed by atoms with van der Waals surface area (Å²) in [5.74, 6) is -2.18. The van der Waals surface area contributed by atoms with Crippen LogP contribution in [0.2, 0.25) is 0 Å². The number of aliphatic hydroxyl groups is 1. The standard InChI is InChI=1S/C15H20FNO4/c1-2-3-7-12(15(20)21)17-14(19)9-13(18)10-5-4-6-11(16)8-10/h4-6,8,12-13,18H,2-3,7,9H2,1H3,(H,17,19)(H,20,21). The summed E-state index contributed by atoms with van der Waals surface area (Å²) in [5.41, 5.74) is 0.283. The Hall–Kier alpha value is -1.95. The Kier molecular flexibility index (Phi) is 6.81. The Morgan fingerprint density at radius 3 is 2.67 bits per heavy atom. The Morgan fingerprint density at radius 1 is 1.38 bits per heavy atom. The van der Waals surface area contributed by atoms with Gasteiger partial charge in [-0.15, -0.1) is 0 Å². The topological polar surface area (TPSA) is 86.6 Å². The molecule has 0 heterocycles. The lowest BCUT2D eigenvalue weighted by Gasteiger charge is -2.16. The Balaban J connectivity index is 2.57. The third kappa shape index (κ3) is 5.91. The van der Waals surface area contributed by atoms with Gasteiger partial charge in [0.2, 0.25) is 5.91 Å². The predicted octanol–water partition coefficient (Wildman–Crippen LogP) is 2.01. The molecule has 6 heteroatoms. The van der Waals surface area contributed by atoms with Crippen LogP contribution in [0.4, 0.5) is 4.39 Å². The molecule has 0 spiro atoms. The third-order valence-electron chi connectivity index (χ3n) is 3.09. The van der Waals surface area contributed by atoms with E-state index in [2.05, 4.69) is 5.32 Å². The van der Waals surface area contributed by atoms with Crippen molar-refractivity contribution in [3.05, 3.63) is 35.6 Å². The fourth-order valence-corrected chi connectivity index (χ4v) is 1.93. The number of carboxylic acids is 1. The smallest absolute Gasteiger partial charge is 0.326 e. The summed E-state index contributed by atoms with van der Waals surface area (Å²) in [6.45, 7) is 1.93. The van der Waals surface area contributed by atoms with E-state index in [0.717, 1.165) is 12.5 Å². The molecule has 5 nitrogen and oxygen atoms in total. The molecule has 1 rings (SSSR count). The van der Waals surface area contributed by atoms with E-state index < -0.39 is 29.8 Å². The molecule has 0 aromatic heterocycles. The molecular weight excluding hydrogens is 277 g/mol. The maximum atomic E-state index is 13.0. The number of benzene rings is 1. The third-order valence-corrected chi connectivity index (χ3v) is 3.09. The van der Waals surface area contributed by atoms with Crippen LogP contribution in [0, 0.1) is 5.82 Å². The summed E-state index contributed by atoms with van der Waals surface area (Å²) in [5, 5.41) is 21.3. The zero-order chi connectivity index (χ0) is 15.8. The summed E-state index contributed by atoms with van der Waals surface area (Å²) < 4.78 is 13.0. The van der Waals surface area contributed by atoms with Gasteiger partial charge in [0.15, 0.2) is 0 Å². The second-order valence-electron chi connectivity index (χ2n) is 4.88. The highest BCUT2D eigenvalue weighted by Gasteiger charge is 2.21. The van der Waals surface area contributed by atoms with Crippen molar-refractivity contribution < 1.29 is 24.2 Å². The van der Waals surface area contributed by atoms with Crippen LogP contribution in [0.1, 0.15) is 44.3 Å². The van der Waals surface area contributed by atoms with Gasteiger partial charge >= 0.3 is 5.97 Å². The van der Waals surface area contributed by atoms with Gasteiger partial charge in [-0.25, -0.2) is 9.18 Å². The molecule has 21 heavy (non-hydrogen) atoms. The van der Waals surface area contributed by atoms with E-state index >= 15 is 0 Å². The van der Waals surface area contributed by atoms with Crippen LogP contribution in [0.5, 0.6) is 0 Å². The summed E-state index contributed by atoms with van der Waals surface area (Å²) in [6.07, 6.45) is 0.378. The monoisotopic (exact) mass is 297 g/mol. The molecule has 0 saturated carbocycles. The predicted molar refractivity (Wildman–Crippen MR) is 75.1 cm³/mol. The number of carbonyl (C=O) groups is 2. The van der Waals surface area contributed by atoms with Gasteiger partial charge in [-0.05, 0) is 24.1 Å². The molecule has 1 aromatic carbocycles. The number of hydrogen-bond acceptors (Lipinski definition) is 3. The fraction of sp³-hybridized carbons (Fsp3) is 0.467. The normalized spacial score (nSPS) is 13.5. The molecule has 0 aliphatic carbocycles. The van der Waals surface area contributed by atoms with Crippen LogP contribution in [0.15, 0.2) is 24.3 Å². The largest absolute Gasteiger partial charge is 0.480 e. The molecule has 0 aliphatic heterocycles. The van der Waals surface area contributed by atoms with Gasteiger partial charge in [-0.3, -0.25) is 4.79 Å². The van der Waals surface area contributed by atoms with E-state index in [1.54, 1.807) is 0 Å². The van der Waals surface area contributed by atoms with Gasteiger partial charge in [-0.1, -0.05) is 31.9 Å². The zero-order valence-corrected chi connectivity index (χ0v) is 11.9. The summed E-state index contributed by atoms with van der Waals surface area (Å²) >= 11 is 0. The van der Waals surface area contributed by atoms with Crippen molar-refractivity contribution in [3.8, 4) is 0 Å². The second-order valence-corrected chi connectivity index (χ2v) is 4.88. The van der Waals surface area contributed by atoms with Crippen LogP contribution >= 0.6 is 0 Å². The van der Waals surface area contributed by atoms with Crippen molar-refractivity contribution >= 4 is 11.9 Å². The summed E-state index contributed by atoms with van der Waals surface area (Å²) in [4.78, 5) is 22.8. The lowest BCUT2D eigenvalue weighted by Crippen LogP contribution is -2.41. The highest BCUT2D eigenvalue weighted by Crippen LogP contribution is 2.17. The number of carboxylic acid groups (broad SMARTS) is 1. The molecule has 0 saturated heterocycles. The molecule has 0 bridgehead atoms. The van der Waals surface area contributed by atoms with Gasteiger partial charge in [0, 0.05) is 0 Å². The molecule has 1 aromatic rings. The fourth-order valence-electron chi connectivity index (χ4n) is 1.93. The number of amides is 1. The van der Waals surface area contributed by atoms with Crippen LogP contribution < -0.4 is 5.32 Å². The van der Waals surface area contributed by atoms with Crippen molar-refractivity contribution in [1.29, 1.82) is 0 Å². The van der Waals surface area contributed by atoms with Crippen molar-refractivity contribution in [3.63, 3.8) is 0 Å². The number of carbonyl (C=O) groups excluding carboxylic acids is 1. The summed E-state index contributed by atoms with van der Waals surface area (Å²) in [6, 6.07) is 4.36. The first-order valence-electron chi connectivity index (χ1n) is 6.89. The molecular formula is C15H20FNO4. The minimum Gasteiger partial charge on any atom is -0.480 e. The maximum Gasteiger partial charge on any atom is 0.326 e. The first-order valence-corrected chi connectivity index (χ1v) is 6.89. The van der Waals surface area contributed by atoms with Gasteiger partial charge < -0.3 is 15.5 Å². The number of halogens is 1. The Morgan fingerprint density at radius 2 is 2.10 bits per heavy atom. The first kappa shape index (κ1) is 17.1. The van der Waals surface area contributed by atoms with Crippen LogP contribution in [0.3, 0.4) is 0 Å². The lowest BCUT2D eigenvalue weighted by molar-refractivity contribution is -0.142. The van der Waals surface area contributed by atoms with E-state index in [9.17, 15) is 19.1 Å². The van der Waals surface area contributed by atoms with Gasteiger partial charge in [0.05, 0.1) is 12.5 Å². The van der Waals surface area contributed by atoms with Gasteiger partial charge in [-0.2, -0.15) is 0 Å². The van der Waals surface area contributed by atoms with Crippen LogP contribution in [0.25, 0.3) is 0 Å². The van der Waals surface area contributed by atoms with E-state index in [1.807, 2.05) is 6.92 Å². The average Bonchev–Trinajstić information content (AvgIpc) is 2.43. The second kappa shape index (κ2) is 8.36. The zero-order valence-electron chi connectivity index (χ0n) is 11.9. The molecule has 0 radical (unpaired) electrons. The summed E-state index contributed by atoms with van der Waals surface area (Å²) in [7, 11) is 0. The van der Waals surface area contributed by atoms with E-state index in [0.29, 0.717) is 12.8 Å². The molecule has 116 valence electrons. The van der Waals surface area contributed by atoms with Gasteiger partial charge in [0.1, 0.15) is 11.9 Å². The molecule has 0 fully saturated rings. The van der Waals surface area contributed by atoms with Crippen molar-refractivity contribution in [2.45, 2.75) is 44.8 Å². The van der Waals surface area contributed by atoms with E-state index in [1.165, 1.54) is 18.2 Å². The molecule has 0 aliphatic rings. The molecule has 2 atom stereocenters. The van der Waals surface area contributed by atoms with Gasteiger partial charge in [0.25, 0.3) is 0 Å². The highest BCUT2D eigenvalue weighted by molar-refractivity contribution is 5.83. The number of nitrogens with one attached hydrogen (secondary N) is 1. The Bertz CT molecular complexity index is 492. The molecule has 2 unspecified atom stereocenters. The lowest BCUT2D eigenvalue weighted by atomic mass is 10.1. The first-order chi connectivity index (χ1) is 9.93. The Labute approximate surface area is 122 Å². The maximum absolute atomic E-state index is 13.0. The number of rotatable bonds is 8. The minimum absolute atomic E-state index is 0.283. The highest BCUT2D eigenvalue weighted by atomic mass is 19.1. The number of unbranched alkanes of at least 4 members (excludes halogenated alkanes) is 1. The van der Waals surface area contributed by atoms with Crippen LogP contribution in [-0.2, 0) is 9.59 Å². The minimum atomic E-state index is -1.17. The number of hydrogen-bond donors (Lipinski definition) is 3. The van der Waals surface area contributed by atoms with E-state index in [-0.39, 0.29) is 12.0 Å². The SMILES string of the molecule is CCCCC(NC(=O)CC(O)c1cccc(F)c1)C(=O)O. The number of aliphatic carboxylic acids is 1. The molecule has 1 amide bonds. The van der Waals surface area contributed by atoms with Crippen LogP contribution in [-0.4, -0.2) is 28.1 Å². The van der Waals surface area contributed by atoms with E-state index in [4.69, 9.17) is 5.11 Å². The quantitative estimate of drug-likeness (QED) is 0.685. The average molecular weight is 297 g/mol. The molecule has 3 N–H and O–H groups in total. The van der Waals surface area contributed by atoms with Crippen molar-refractivity contribution in [2.24, 2.45) is 0 Å². The van der Waals surface area contributed by atoms with Crippen molar-refractivity contribution in [1.82, 2.24) is 5.32 Å². The number of aliphatic hydroxyl groups excluding tert-OH is 1.